The summed E-state index contributed by atoms with van der Waals surface area (Å²) >= 11 is 1.19. The Balaban J connectivity index is 2.26. The van der Waals surface area contributed by atoms with Crippen molar-refractivity contribution in [2.24, 2.45) is 0 Å². The molecule has 2 aromatic rings. The number of hydrogen-bond acceptors (Lipinski definition) is 3. The number of carbonyl (C=O) groups is 1. The van der Waals surface area contributed by atoms with Gasteiger partial charge >= 0.3 is 5.97 Å². The molecule has 1 aromatic carbocycles. The quantitative estimate of drug-likeness (QED) is 0.651. The van der Waals surface area contributed by atoms with Crippen LogP contribution in [-0.4, -0.2) is 26.6 Å². The Morgan fingerprint density at radius 2 is 2.05 bits per heavy atom. The summed E-state index contributed by atoms with van der Waals surface area (Å²) in [4.78, 5) is 11.2. The van der Waals surface area contributed by atoms with Gasteiger partial charge in [-0.1, -0.05) is 18.2 Å². The molecule has 0 amide bonds. The molecule has 0 unspecified atom stereocenters. The van der Waals surface area contributed by atoms with E-state index in [-0.39, 0.29) is 12.0 Å². The molecule has 2 rings (SSSR count). The number of allylic oxidation sites excluding steroid dienone is 1. The number of benzene rings is 1. The van der Waals surface area contributed by atoms with E-state index in [0.717, 1.165) is 11.8 Å². The number of halogens is 2. The number of hydrogen-bond donors (Lipinski definition) is 1. The third-order valence-electron chi connectivity index (χ3n) is 2.61. The molecule has 0 radical (unpaired) electrons. The molecule has 0 aliphatic rings. The summed E-state index contributed by atoms with van der Waals surface area (Å²) < 4.78 is 25.5. The number of aromatic nitrogens is 2. The highest BCUT2D eigenvalue weighted by Gasteiger charge is 2.17. The van der Waals surface area contributed by atoms with E-state index in [4.69, 9.17) is 0 Å². The van der Waals surface area contributed by atoms with Crippen molar-refractivity contribution in [3.8, 4) is 5.69 Å². The highest BCUT2D eigenvalue weighted by Crippen LogP contribution is 2.26. The molecule has 0 spiro atoms. The number of nitrogens with zero attached hydrogens (tertiary/aromatic N) is 2. The molecule has 0 bridgehead atoms. The Kier molecular flexibility index (Phi) is 5.10. The van der Waals surface area contributed by atoms with E-state index in [1.165, 1.54) is 22.6 Å². The third-order valence-corrected chi connectivity index (χ3v) is 3.72. The molecular weight excluding hydrogens is 298 g/mol. The standard InChI is InChI=1S/C14H12F2N2O2S/c15-12(16)7-4-8-21-13-11(14(19)20)9-17-18(13)10-5-2-1-3-6-10/h1-3,5-7,9H,4,8H2,(H,19,20). The topological polar surface area (TPSA) is 55.1 Å². The number of carboxylic acids is 1. The number of thioether (sulfide) groups is 1. The van der Waals surface area contributed by atoms with Crippen LogP contribution >= 0.6 is 11.8 Å². The van der Waals surface area contributed by atoms with E-state index in [2.05, 4.69) is 5.10 Å². The molecule has 1 aromatic heterocycles. The first kappa shape index (κ1) is 15.2. The summed E-state index contributed by atoms with van der Waals surface area (Å²) in [6.07, 6.45) is 0.511. The van der Waals surface area contributed by atoms with Crippen molar-refractivity contribution in [3.05, 3.63) is 54.2 Å². The van der Waals surface area contributed by atoms with Crippen molar-refractivity contribution in [2.45, 2.75) is 11.4 Å². The monoisotopic (exact) mass is 310 g/mol. The van der Waals surface area contributed by atoms with Gasteiger partial charge in [0.05, 0.1) is 11.9 Å². The molecular formula is C14H12F2N2O2S. The van der Waals surface area contributed by atoms with Crippen molar-refractivity contribution in [1.82, 2.24) is 9.78 Å². The number of carboxylic acid groups (broad SMARTS) is 1. The average molecular weight is 310 g/mol. The van der Waals surface area contributed by atoms with Gasteiger partial charge in [-0.25, -0.2) is 9.48 Å². The molecule has 21 heavy (non-hydrogen) atoms. The molecule has 1 heterocycles. The van der Waals surface area contributed by atoms with Gasteiger partial charge in [-0.15, -0.1) is 11.8 Å². The lowest BCUT2D eigenvalue weighted by Crippen LogP contribution is -2.02. The van der Waals surface area contributed by atoms with Gasteiger partial charge in [-0.05, 0) is 24.6 Å². The van der Waals surface area contributed by atoms with Gasteiger partial charge in [-0.3, -0.25) is 0 Å². The van der Waals surface area contributed by atoms with Crippen LogP contribution in [0.25, 0.3) is 5.69 Å². The Morgan fingerprint density at radius 3 is 2.67 bits per heavy atom. The Labute approximate surface area is 124 Å². The average Bonchev–Trinajstić information content (AvgIpc) is 2.88. The van der Waals surface area contributed by atoms with Gasteiger partial charge in [0.1, 0.15) is 10.6 Å². The van der Waals surface area contributed by atoms with Crippen LogP contribution in [0, 0.1) is 0 Å². The van der Waals surface area contributed by atoms with E-state index < -0.39 is 12.0 Å². The molecule has 1 N–H and O–H groups in total. The predicted molar refractivity (Wildman–Crippen MR) is 76.2 cm³/mol. The van der Waals surface area contributed by atoms with Crippen LogP contribution in [0.1, 0.15) is 16.8 Å². The van der Waals surface area contributed by atoms with Gasteiger partial charge in [0.2, 0.25) is 0 Å². The summed E-state index contributed by atoms with van der Waals surface area (Å²) in [5, 5.41) is 13.7. The first-order valence-electron chi connectivity index (χ1n) is 6.10. The van der Waals surface area contributed by atoms with Crippen molar-refractivity contribution in [2.75, 3.05) is 5.75 Å². The number of aromatic carboxylic acids is 1. The van der Waals surface area contributed by atoms with Crippen LogP contribution in [0.15, 0.2) is 53.7 Å². The minimum absolute atomic E-state index is 0.0635. The van der Waals surface area contributed by atoms with Gasteiger partial charge < -0.3 is 5.11 Å². The Hall–Kier alpha value is -2.15. The second-order valence-electron chi connectivity index (χ2n) is 4.05. The molecule has 4 nitrogen and oxygen atoms in total. The van der Waals surface area contributed by atoms with E-state index in [9.17, 15) is 18.7 Å². The maximum Gasteiger partial charge on any atom is 0.340 e. The zero-order valence-corrected chi connectivity index (χ0v) is 11.7. The fourth-order valence-corrected chi connectivity index (χ4v) is 2.70. The highest BCUT2D eigenvalue weighted by molar-refractivity contribution is 7.99. The van der Waals surface area contributed by atoms with Crippen molar-refractivity contribution in [1.29, 1.82) is 0 Å². The minimum Gasteiger partial charge on any atom is -0.478 e. The molecule has 0 saturated heterocycles. The van der Waals surface area contributed by atoms with E-state index in [1.807, 2.05) is 18.2 Å². The SMILES string of the molecule is O=C(O)c1cnn(-c2ccccc2)c1SCCC=C(F)F. The summed E-state index contributed by atoms with van der Waals surface area (Å²) in [7, 11) is 0. The number of rotatable bonds is 6. The third kappa shape index (κ3) is 3.91. The molecule has 110 valence electrons. The van der Waals surface area contributed by atoms with E-state index >= 15 is 0 Å². The smallest absolute Gasteiger partial charge is 0.340 e. The zero-order chi connectivity index (χ0) is 15.2. The summed E-state index contributed by atoms with van der Waals surface area (Å²) in [6.45, 7) is 0. The van der Waals surface area contributed by atoms with Crippen LogP contribution in [0.3, 0.4) is 0 Å². The van der Waals surface area contributed by atoms with Crippen molar-refractivity contribution < 1.29 is 18.7 Å². The maximum atomic E-state index is 12.0. The zero-order valence-electron chi connectivity index (χ0n) is 10.9. The van der Waals surface area contributed by atoms with Crippen LogP contribution in [0.5, 0.6) is 0 Å². The van der Waals surface area contributed by atoms with E-state index in [1.54, 1.807) is 12.1 Å². The second-order valence-corrected chi connectivity index (χ2v) is 5.13. The van der Waals surface area contributed by atoms with Crippen LogP contribution < -0.4 is 0 Å². The first-order valence-corrected chi connectivity index (χ1v) is 7.09. The molecule has 0 aliphatic carbocycles. The van der Waals surface area contributed by atoms with Crippen molar-refractivity contribution >= 4 is 17.7 Å². The first-order chi connectivity index (χ1) is 10.1. The largest absolute Gasteiger partial charge is 0.478 e. The molecule has 0 saturated carbocycles. The highest BCUT2D eigenvalue weighted by atomic mass is 32.2. The maximum absolute atomic E-state index is 12.0. The lowest BCUT2D eigenvalue weighted by atomic mass is 10.3. The summed E-state index contributed by atoms with van der Waals surface area (Å²) in [5.41, 5.74) is 0.785. The van der Waals surface area contributed by atoms with Gasteiger partial charge in [0, 0.05) is 5.75 Å². The minimum atomic E-state index is -1.73. The fraction of sp³-hybridized carbons (Fsp3) is 0.143. The summed E-state index contributed by atoms with van der Waals surface area (Å²) in [5.74, 6) is -0.747. The Bertz CT molecular complexity index is 652. The Morgan fingerprint density at radius 1 is 1.33 bits per heavy atom. The van der Waals surface area contributed by atoms with Crippen LogP contribution in [0.4, 0.5) is 8.78 Å². The predicted octanol–water partition coefficient (Wildman–Crippen LogP) is 3.83. The van der Waals surface area contributed by atoms with Crippen LogP contribution in [-0.2, 0) is 0 Å². The van der Waals surface area contributed by atoms with Crippen molar-refractivity contribution in [3.63, 3.8) is 0 Å². The van der Waals surface area contributed by atoms with Gasteiger partial charge in [0.25, 0.3) is 6.08 Å². The van der Waals surface area contributed by atoms with Crippen LogP contribution in [0.2, 0.25) is 0 Å². The summed E-state index contributed by atoms with van der Waals surface area (Å²) in [6, 6.07) is 9.06. The molecule has 0 aliphatic heterocycles. The molecule has 0 fully saturated rings. The van der Waals surface area contributed by atoms with E-state index in [0.29, 0.717) is 10.8 Å². The second kappa shape index (κ2) is 7.03. The molecule has 7 heteroatoms. The van der Waals surface area contributed by atoms with Gasteiger partial charge in [0.15, 0.2) is 0 Å². The molecule has 0 atom stereocenters. The lowest BCUT2D eigenvalue weighted by Gasteiger charge is -2.07. The fourth-order valence-electron chi connectivity index (χ4n) is 1.70. The number of para-hydroxylation sites is 1. The normalized spacial score (nSPS) is 10.4. The lowest BCUT2D eigenvalue weighted by molar-refractivity contribution is 0.0693. The van der Waals surface area contributed by atoms with Gasteiger partial charge in [-0.2, -0.15) is 13.9 Å².